The predicted molar refractivity (Wildman–Crippen MR) is 111 cm³/mol. The zero-order valence-electron chi connectivity index (χ0n) is 14.9. The van der Waals surface area contributed by atoms with Gasteiger partial charge in [-0.15, -0.1) is 0 Å². The Kier molecular flexibility index (Phi) is 6.74. The number of aryl methyl sites for hydroxylation is 1. The van der Waals surface area contributed by atoms with Crippen molar-refractivity contribution in [1.82, 2.24) is 5.48 Å². The summed E-state index contributed by atoms with van der Waals surface area (Å²) < 4.78 is 29.6. The fourth-order valence-corrected chi connectivity index (χ4v) is 3.64. The highest BCUT2D eigenvalue weighted by Gasteiger charge is 2.36. The number of nitrogens with one attached hydrogen (secondary N) is 2. The second-order valence-corrected chi connectivity index (χ2v) is 8.33. The van der Waals surface area contributed by atoms with Crippen LogP contribution in [0.15, 0.2) is 24.3 Å². The summed E-state index contributed by atoms with van der Waals surface area (Å²) >= 11 is 7.87. The molecule has 0 bridgehead atoms. The maximum atomic E-state index is 14.6. The van der Waals surface area contributed by atoms with Crippen LogP contribution >= 0.6 is 34.2 Å². The predicted octanol–water partition coefficient (Wildman–Crippen LogP) is 4.56. The first-order valence-electron chi connectivity index (χ1n) is 8.55. The van der Waals surface area contributed by atoms with Gasteiger partial charge >= 0.3 is 0 Å². The summed E-state index contributed by atoms with van der Waals surface area (Å²) in [6.07, 6.45) is 0.822. The lowest BCUT2D eigenvalue weighted by atomic mass is 10.1. The molecule has 0 aliphatic heterocycles. The number of hydroxylamine groups is 1. The van der Waals surface area contributed by atoms with Crippen molar-refractivity contribution < 1.29 is 23.5 Å². The van der Waals surface area contributed by atoms with Crippen molar-refractivity contribution in [1.29, 1.82) is 0 Å². The number of aliphatic hydroxyl groups is 1. The quantitative estimate of drug-likeness (QED) is 0.283. The van der Waals surface area contributed by atoms with Crippen LogP contribution in [0.5, 0.6) is 0 Å². The van der Waals surface area contributed by atoms with Crippen LogP contribution in [-0.4, -0.2) is 24.2 Å². The van der Waals surface area contributed by atoms with Crippen molar-refractivity contribution >= 4 is 51.5 Å². The first kappa shape index (κ1) is 21.2. The van der Waals surface area contributed by atoms with Gasteiger partial charge in [0.25, 0.3) is 5.91 Å². The second-order valence-electron chi connectivity index (χ2n) is 6.67. The molecule has 0 aromatic heterocycles. The van der Waals surface area contributed by atoms with E-state index < -0.39 is 22.6 Å². The van der Waals surface area contributed by atoms with E-state index in [0.29, 0.717) is 5.69 Å². The molecule has 3 rings (SSSR count). The van der Waals surface area contributed by atoms with Crippen molar-refractivity contribution in [3.05, 3.63) is 55.6 Å². The molecule has 28 heavy (non-hydrogen) atoms. The van der Waals surface area contributed by atoms with Crippen LogP contribution in [0.3, 0.4) is 0 Å². The molecule has 1 aliphatic rings. The van der Waals surface area contributed by atoms with Crippen LogP contribution in [0.4, 0.5) is 20.2 Å². The Balaban J connectivity index is 1.82. The number of carbonyl (C=O) groups is 1. The van der Waals surface area contributed by atoms with E-state index in [-0.39, 0.29) is 36.3 Å². The van der Waals surface area contributed by atoms with Gasteiger partial charge in [0.1, 0.15) is 0 Å². The van der Waals surface area contributed by atoms with Crippen molar-refractivity contribution in [2.24, 2.45) is 11.8 Å². The molecular formula is C19H18ClF2IN2O3. The number of rotatable bonds is 7. The Bertz CT molecular complexity index is 913. The van der Waals surface area contributed by atoms with Crippen LogP contribution in [0.2, 0.25) is 5.02 Å². The normalized spacial score (nSPS) is 18.1. The summed E-state index contributed by atoms with van der Waals surface area (Å²) in [5.41, 5.74) is 3.05. The fraction of sp³-hybridized carbons (Fsp3) is 0.316. The topological polar surface area (TPSA) is 70.6 Å². The molecule has 2 aromatic rings. The summed E-state index contributed by atoms with van der Waals surface area (Å²) in [6.45, 7) is 2.11. The van der Waals surface area contributed by atoms with Crippen LogP contribution in [0.25, 0.3) is 0 Å². The van der Waals surface area contributed by atoms with Gasteiger partial charge in [-0.3, -0.25) is 9.63 Å². The van der Waals surface area contributed by atoms with Gasteiger partial charge in [-0.25, -0.2) is 14.3 Å². The van der Waals surface area contributed by atoms with Gasteiger partial charge in [0.2, 0.25) is 0 Å². The third-order valence-corrected chi connectivity index (χ3v) is 5.57. The summed E-state index contributed by atoms with van der Waals surface area (Å²) in [6, 6.07) is 6.43. The molecule has 1 amide bonds. The smallest absolute Gasteiger partial charge is 0.277 e. The Morgan fingerprint density at radius 2 is 2.07 bits per heavy atom. The first-order valence-corrected chi connectivity index (χ1v) is 10.0. The molecule has 0 spiro atoms. The van der Waals surface area contributed by atoms with E-state index in [1.807, 2.05) is 13.0 Å². The molecule has 1 saturated carbocycles. The highest BCUT2D eigenvalue weighted by Crippen LogP contribution is 2.37. The van der Waals surface area contributed by atoms with Gasteiger partial charge in [-0.1, -0.05) is 11.6 Å². The van der Waals surface area contributed by atoms with Crippen LogP contribution in [0.1, 0.15) is 22.3 Å². The van der Waals surface area contributed by atoms with Gasteiger partial charge in [-0.05, 0) is 77.6 Å². The number of hydrogen-bond acceptors (Lipinski definition) is 4. The Labute approximate surface area is 179 Å². The summed E-state index contributed by atoms with van der Waals surface area (Å²) in [4.78, 5) is 17.7. The molecule has 1 fully saturated rings. The summed E-state index contributed by atoms with van der Waals surface area (Å²) in [7, 11) is 0. The van der Waals surface area contributed by atoms with Gasteiger partial charge in [0.15, 0.2) is 11.6 Å². The standard InChI is InChI=1S/C19H18ClF2IN2O3/c1-9-4-12(23)2-3-15(9)24-18-13(6-14(20)16(21)17(18)22)19(27)25-28-8-11-5-10(11)7-26/h2-4,6,10-11,24,26H,5,7-8H2,1H3,(H,25,27). The molecule has 2 aromatic carbocycles. The monoisotopic (exact) mass is 522 g/mol. The number of hydrogen-bond donors (Lipinski definition) is 3. The minimum Gasteiger partial charge on any atom is -0.396 e. The average Bonchev–Trinajstić information content (AvgIpc) is 3.42. The number of halogens is 4. The molecule has 5 nitrogen and oxygen atoms in total. The van der Waals surface area contributed by atoms with E-state index >= 15 is 0 Å². The first-order chi connectivity index (χ1) is 13.3. The number of aliphatic hydroxyl groups excluding tert-OH is 1. The van der Waals surface area contributed by atoms with Gasteiger partial charge in [0.05, 0.1) is 22.9 Å². The van der Waals surface area contributed by atoms with E-state index in [4.69, 9.17) is 21.5 Å². The highest BCUT2D eigenvalue weighted by molar-refractivity contribution is 14.1. The third-order valence-electron chi connectivity index (χ3n) is 4.62. The maximum absolute atomic E-state index is 14.6. The van der Waals surface area contributed by atoms with Crippen LogP contribution in [0, 0.1) is 34.0 Å². The second kappa shape index (κ2) is 8.89. The number of carbonyl (C=O) groups excluding carboxylic acids is 1. The van der Waals surface area contributed by atoms with Crippen molar-refractivity contribution in [3.63, 3.8) is 0 Å². The lowest BCUT2D eigenvalue weighted by Gasteiger charge is -2.16. The van der Waals surface area contributed by atoms with Gasteiger partial charge in [-0.2, -0.15) is 0 Å². The molecule has 1 aliphatic carbocycles. The molecule has 2 unspecified atom stereocenters. The molecular weight excluding hydrogens is 505 g/mol. The molecule has 0 radical (unpaired) electrons. The zero-order chi connectivity index (χ0) is 20.4. The average molecular weight is 523 g/mol. The Morgan fingerprint density at radius 3 is 2.71 bits per heavy atom. The number of amides is 1. The van der Waals surface area contributed by atoms with Crippen molar-refractivity contribution in [2.75, 3.05) is 18.5 Å². The summed E-state index contributed by atoms with van der Waals surface area (Å²) in [5.74, 6) is -2.90. The zero-order valence-corrected chi connectivity index (χ0v) is 17.8. The van der Waals surface area contributed by atoms with E-state index in [1.54, 1.807) is 12.1 Å². The number of anilines is 2. The molecule has 3 N–H and O–H groups in total. The largest absolute Gasteiger partial charge is 0.396 e. The molecule has 9 heteroatoms. The molecule has 0 saturated heterocycles. The molecule has 0 heterocycles. The van der Waals surface area contributed by atoms with Crippen molar-refractivity contribution in [3.8, 4) is 0 Å². The fourth-order valence-electron chi connectivity index (χ4n) is 2.81. The van der Waals surface area contributed by atoms with E-state index in [1.165, 1.54) is 0 Å². The molecule has 2 atom stereocenters. The van der Waals surface area contributed by atoms with E-state index in [2.05, 4.69) is 33.4 Å². The highest BCUT2D eigenvalue weighted by atomic mass is 127. The lowest BCUT2D eigenvalue weighted by molar-refractivity contribution is 0.0248. The van der Waals surface area contributed by atoms with E-state index in [0.717, 1.165) is 21.6 Å². The summed E-state index contributed by atoms with van der Waals surface area (Å²) in [5, 5.41) is 11.3. The van der Waals surface area contributed by atoms with Gasteiger partial charge in [0, 0.05) is 15.9 Å². The third kappa shape index (κ3) is 4.73. The minimum atomic E-state index is -1.25. The van der Waals surface area contributed by atoms with Crippen LogP contribution in [-0.2, 0) is 4.84 Å². The molecule has 150 valence electrons. The van der Waals surface area contributed by atoms with Crippen LogP contribution < -0.4 is 10.8 Å². The van der Waals surface area contributed by atoms with Gasteiger partial charge < -0.3 is 10.4 Å². The SMILES string of the molecule is Cc1cc(I)ccc1Nc1c(C(=O)NOCC2CC2CO)cc(Cl)c(F)c1F. The Hall–Kier alpha value is -1.49. The van der Waals surface area contributed by atoms with Crippen molar-refractivity contribution in [2.45, 2.75) is 13.3 Å². The lowest BCUT2D eigenvalue weighted by Crippen LogP contribution is -2.26. The number of benzene rings is 2. The maximum Gasteiger partial charge on any atom is 0.277 e. The Morgan fingerprint density at radius 1 is 1.32 bits per heavy atom. The minimum absolute atomic E-state index is 0.0736. The van der Waals surface area contributed by atoms with E-state index in [9.17, 15) is 13.6 Å².